The Labute approximate surface area is 131 Å². The lowest BCUT2D eigenvalue weighted by atomic mass is 10.1. The van der Waals surface area contributed by atoms with Crippen LogP contribution in [0, 0.1) is 6.92 Å². The highest BCUT2D eigenvalue weighted by atomic mass is 16.5. The monoisotopic (exact) mass is 311 g/mol. The highest BCUT2D eigenvalue weighted by molar-refractivity contribution is 5.77. The minimum Gasteiger partial charge on any atom is -0.465 e. The third-order valence-corrected chi connectivity index (χ3v) is 3.96. The number of nitrogens with zero attached hydrogens (tertiary/aromatic N) is 3. The minimum atomic E-state index is -0.00880. The molecule has 1 atom stereocenters. The second-order valence-corrected chi connectivity index (χ2v) is 5.50. The van der Waals surface area contributed by atoms with E-state index in [0.717, 1.165) is 39.2 Å². The molecule has 1 saturated heterocycles. The number of aromatic nitrogens is 1. The predicted molar refractivity (Wildman–Crippen MR) is 80.8 cm³/mol. The molecule has 0 N–H and O–H groups in total. The topological polar surface area (TPSA) is 68.0 Å². The molecular weight excluding hydrogens is 286 g/mol. The van der Waals surface area contributed by atoms with Crippen molar-refractivity contribution in [1.82, 2.24) is 15.0 Å². The van der Waals surface area contributed by atoms with Gasteiger partial charge in [-0.05, 0) is 18.5 Å². The summed E-state index contributed by atoms with van der Waals surface area (Å²) < 4.78 is 15.4. The Morgan fingerprint density at radius 3 is 2.95 bits per heavy atom. The fourth-order valence-corrected chi connectivity index (χ4v) is 2.65. The number of hydrogen-bond donors (Lipinski definition) is 0. The first-order chi connectivity index (χ1) is 10.6. The van der Waals surface area contributed by atoms with Crippen LogP contribution in [0.4, 0.5) is 0 Å². The van der Waals surface area contributed by atoms with Crippen molar-refractivity contribution in [2.75, 3.05) is 46.5 Å². The van der Waals surface area contributed by atoms with Gasteiger partial charge in [0.05, 0.1) is 6.61 Å². The maximum Gasteiger partial charge on any atom is 0.260 e. The Morgan fingerprint density at radius 1 is 1.50 bits per heavy atom. The summed E-state index contributed by atoms with van der Waals surface area (Å²) in [5.74, 6) is 1.02. The van der Waals surface area contributed by atoms with Gasteiger partial charge in [-0.2, -0.15) is 0 Å². The van der Waals surface area contributed by atoms with Gasteiger partial charge in [-0.3, -0.25) is 9.69 Å². The molecule has 1 aliphatic rings. The van der Waals surface area contributed by atoms with Crippen molar-refractivity contribution >= 4 is 5.91 Å². The van der Waals surface area contributed by atoms with E-state index >= 15 is 0 Å². The maximum atomic E-state index is 12.3. The Hall–Kier alpha value is -1.60. The van der Waals surface area contributed by atoms with E-state index in [1.54, 1.807) is 20.1 Å². The Balaban J connectivity index is 1.81. The number of piperazine rings is 1. The van der Waals surface area contributed by atoms with Crippen LogP contribution in [0.2, 0.25) is 0 Å². The van der Waals surface area contributed by atoms with Gasteiger partial charge >= 0.3 is 0 Å². The molecule has 124 valence electrons. The van der Waals surface area contributed by atoms with E-state index in [2.05, 4.69) is 17.0 Å². The second kappa shape index (κ2) is 8.14. The molecule has 0 radical (unpaired) electrons. The van der Waals surface area contributed by atoms with E-state index in [0.29, 0.717) is 17.7 Å². The summed E-state index contributed by atoms with van der Waals surface area (Å²) >= 11 is 0. The van der Waals surface area contributed by atoms with Crippen molar-refractivity contribution in [3.05, 3.63) is 11.8 Å². The average molecular weight is 311 g/mol. The van der Waals surface area contributed by atoms with Crippen LogP contribution >= 0.6 is 0 Å². The molecule has 1 fully saturated rings. The first kappa shape index (κ1) is 16.8. The quantitative estimate of drug-likeness (QED) is 0.746. The number of rotatable bonds is 7. The second-order valence-electron chi connectivity index (χ2n) is 5.50. The van der Waals surface area contributed by atoms with Gasteiger partial charge in [0.1, 0.15) is 5.76 Å². The fraction of sp³-hybridized carbons (Fsp3) is 0.733. The van der Waals surface area contributed by atoms with Gasteiger partial charge in [-0.25, -0.2) is 0 Å². The molecule has 0 unspecified atom stereocenters. The van der Waals surface area contributed by atoms with Gasteiger partial charge in [0.15, 0.2) is 6.61 Å². The number of carbonyl (C=O) groups is 1. The zero-order chi connectivity index (χ0) is 15.9. The van der Waals surface area contributed by atoms with E-state index in [-0.39, 0.29) is 12.5 Å². The van der Waals surface area contributed by atoms with Crippen molar-refractivity contribution in [3.8, 4) is 5.88 Å². The van der Waals surface area contributed by atoms with Crippen LogP contribution in [0.25, 0.3) is 0 Å². The summed E-state index contributed by atoms with van der Waals surface area (Å²) in [7, 11) is 1.71. The summed E-state index contributed by atoms with van der Waals surface area (Å²) in [4.78, 5) is 16.5. The molecule has 1 aromatic rings. The lowest BCUT2D eigenvalue weighted by Crippen LogP contribution is -2.55. The number of methoxy groups -OCH3 is 1. The maximum absolute atomic E-state index is 12.3. The molecule has 7 nitrogen and oxygen atoms in total. The zero-order valence-corrected chi connectivity index (χ0v) is 13.6. The third-order valence-electron chi connectivity index (χ3n) is 3.96. The van der Waals surface area contributed by atoms with Crippen LogP contribution in [-0.2, 0) is 9.53 Å². The highest BCUT2D eigenvalue weighted by Crippen LogP contribution is 2.14. The standard InChI is InChI=1S/C15H25N3O4/c1-4-13-10-18(6-5-17(13)7-8-20-3)15(19)11-21-14-9-12(2)22-16-14/h9,13H,4-8,10-11H2,1-3H3/t13-/m1/s1. The Bertz CT molecular complexity index is 477. The molecule has 2 rings (SSSR count). The van der Waals surface area contributed by atoms with E-state index in [1.165, 1.54) is 0 Å². The largest absolute Gasteiger partial charge is 0.465 e. The molecule has 1 aromatic heterocycles. The van der Waals surface area contributed by atoms with Gasteiger partial charge in [0.2, 0.25) is 0 Å². The van der Waals surface area contributed by atoms with Crippen LogP contribution in [0.1, 0.15) is 19.1 Å². The molecule has 0 saturated carbocycles. The van der Waals surface area contributed by atoms with Gasteiger partial charge in [0, 0.05) is 45.4 Å². The molecule has 7 heteroatoms. The van der Waals surface area contributed by atoms with Crippen molar-refractivity contribution < 1.29 is 18.8 Å². The molecule has 1 aliphatic heterocycles. The van der Waals surface area contributed by atoms with Crippen LogP contribution in [0.5, 0.6) is 5.88 Å². The predicted octanol–water partition coefficient (Wildman–Crippen LogP) is 0.931. The van der Waals surface area contributed by atoms with Crippen LogP contribution < -0.4 is 4.74 Å². The van der Waals surface area contributed by atoms with Crippen molar-refractivity contribution in [3.63, 3.8) is 0 Å². The molecule has 2 heterocycles. The van der Waals surface area contributed by atoms with Crippen LogP contribution in [-0.4, -0.2) is 73.4 Å². The molecule has 22 heavy (non-hydrogen) atoms. The molecule has 0 bridgehead atoms. The summed E-state index contributed by atoms with van der Waals surface area (Å²) in [6.45, 7) is 7.89. The van der Waals surface area contributed by atoms with Crippen molar-refractivity contribution in [2.24, 2.45) is 0 Å². The first-order valence-corrected chi connectivity index (χ1v) is 7.71. The number of amides is 1. The van der Waals surface area contributed by atoms with Gasteiger partial charge < -0.3 is 18.9 Å². The average Bonchev–Trinajstić information content (AvgIpc) is 2.95. The smallest absolute Gasteiger partial charge is 0.260 e. The summed E-state index contributed by atoms with van der Waals surface area (Å²) in [6.07, 6.45) is 1.01. The molecule has 0 aromatic carbocycles. The minimum absolute atomic E-state index is 0.000475. The van der Waals surface area contributed by atoms with Gasteiger partial charge in [-0.1, -0.05) is 6.92 Å². The Kier molecular flexibility index (Phi) is 6.21. The zero-order valence-electron chi connectivity index (χ0n) is 13.6. The lowest BCUT2D eigenvalue weighted by Gasteiger charge is -2.41. The van der Waals surface area contributed by atoms with E-state index in [9.17, 15) is 4.79 Å². The number of ether oxygens (including phenoxy) is 2. The summed E-state index contributed by atoms with van der Waals surface area (Å²) in [5.41, 5.74) is 0. The van der Waals surface area contributed by atoms with E-state index in [4.69, 9.17) is 14.0 Å². The summed E-state index contributed by atoms with van der Waals surface area (Å²) in [5, 5.41) is 3.72. The van der Waals surface area contributed by atoms with E-state index in [1.807, 2.05) is 4.90 Å². The fourth-order valence-electron chi connectivity index (χ4n) is 2.65. The molecular formula is C15H25N3O4. The normalized spacial score (nSPS) is 19.4. The van der Waals surface area contributed by atoms with Crippen LogP contribution in [0.3, 0.4) is 0 Å². The number of hydrogen-bond acceptors (Lipinski definition) is 6. The Morgan fingerprint density at radius 2 is 2.32 bits per heavy atom. The number of carbonyl (C=O) groups excluding carboxylic acids is 1. The third kappa shape index (κ3) is 4.45. The lowest BCUT2D eigenvalue weighted by molar-refractivity contribution is -0.136. The highest BCUT2D eigenvalue weighted by Gasteiger charge is 2.28. The van der Waals surface area contributed by atoms with Crippen molar-refractivity contribution in [1.29, 1.82) is 0 Å². The molecule has 0 spiro atoms. The number of aryl methyl sites for hydroxylation is 1. The first-order valence-electron chi connectivity index (χ1n) is 7.71. The molecule has 1 amide bonds. The van der Waals surface area contributed by atoms with Gasteiger partial charge in [-0.15, -0.1) is 0 Å². The molecule has 0 aliphatic carbocycles. The summed E-state index contributed by atoms with van der Waals surface area (Å²) in [6, 6.07) is 2.05. The van der Waals surface area contributed by atoms with Crippen LogP contribution in [0.15, 0.2) is 10.6 Å². The van der Waals surface area contributed by atoms with Crippen molar-refractivity contribution in [2.45, 2.75) is 26.3 Å². The van der Waals surface area contributed by atoms with Gasteiger partial charge in [0.25, 0.3) is 11.8 Å². The SMILES string of the molecule is CC[C@@H]1CN(C(=O)COc2cc(C)on2)CCN1CCOC. The van der Waals surface area contributed by atoms with E-state index < -0.39 is 0 Å².